The van der Waals surface area contributed by atoms with Gasteiger partial charge in [0.15, 0.2) is 0 Å². The third-order valence-electron chi connectivity index (χ3n) is 3.66. The van der Waals surface area contributed by atoms with Gasteiger partial charge in [0.1, 0.15) is 10.0 Å². The number of hydrogen-bond donors (Lipinski definition) is 1. The van der Waals surface area contributed by atoms with Gasteiger partial charge >= 0.3 is 0 Å². The SMILES string of the molecule is Cc1nn(C)c(Cl)c1S(=O)(=O)NCc1ccc(C(C)(C)C)cc1. The van der Waals surface area contributed by atoms with E-state index >= 15 is 0 Å². The number of hydrogen-bond acceptors (Lipinski definition) is 3. The maximum absolute atomic E-state index is 12.4. The lowest BCUT2D eigenvalue weighted by molar-refractivity contribution is 0.579. The Morgan fingerprint density at radius 2 is 1.78 bits per heavy atom. The lowest BCUT2D eigenvalue weighted by Gasteiger charge is -2.19. The monoisotopic (exact) mass is 355 g/mol. The number of aryl methyl sites for hydroxylation is 2. The largest absolute Gasteiger partial charge is 0.255 e. The second kappa shape index (κ2) is 6.26. The van der Waals surface area contributed by atoms with E-state index in [4.69, 9.17) is 11.6 Å². The summed E-state index contributed by atoms with van der Waals surface area (Å²) in [6.07, 6.45) is 0. The van der Waals surface area contributed by atoms with Crippen LogP contribution in [0.3, 0.4) is 0 Å². The highest BCUT2D eigenvalue weighted by Crippen LogP contribution is 2.25. The average Bonchev–Trinajstić information content (AvgIpc) is 2.70. The molecule has 0 fully saturated rings. The smallest absolute Gasteiger partial charge is 0.245 e. The molecule has 2 aromatic rings. The lowest BCUT2D eigenvalue weighted by atomic mass is 9.87. The number of nitrogens with one attached hydrogen (secondary N) is 1. The first-order chi connectivity index (χ1) is 10.5. The Balaban J connectivity index is 2.17. The van der Waals surface area contributed by atoms with Crippen molar-refractivity contribution in [2.75, 3.05) is 0 Å². The Morgan fingerprint density at radius 1 is 1.22 bits per heavy atom. The minimum atomic E-state index is -3.70. The van der Waals surface area contributed by atoms with Crippen LogP contribution in [0.2, 0.25) is 5.15 Å². The van der Waals surface area contributed by atoms with Crippen LogP contribution >= 0.6 is 11.6 Å². The van der Waals surface area contributed by atoms with E-state index in [-0.39, 0.29) is 22.0 Å². The molecule has 0 saturated heterocycles. The summed E-state index contributed by atoms with van der Waals surface area (Å²) in [5.74, 6) is 0. The molecule has 0 aliphatic carbocycles. The van der Waals surface area contributed by atoms with Crippen molar-refractivity contribution in [1.29, 1.82) is 0 Å². The molecule has 0 atom stereocenters. The molecule has 0 radical (unpaired) electrons. The van der Waals surface area contributed by atoms with Crippen LogP contribution in [0.1, 0.15) is 37.6 Å². The van der Waals surface area contributed by atoms with Gasteiger partial charge in [-0.2, -0.15) is 5.10 Å². The maximum Gasteiger partial charge on any atom is 0.245 e. The predicted octanol–water partition coefficient (Wildman–Crippen LogP) is 3.16. The third-order valence-corrected chi connectivity index (χ3v) is 5.75. The quantitative estimate of drug-likeness (QED) is 0.916. The van der Waals surface area contributed by atoms with E-state index in [1.54, 1.807) is 14.0 Å². The Hall–Kier alpha value is -1.37. The van der Waals surface area contributed by atoms with E-state index in [0.717, 1.165) is 5.56 Å². The number of sulfonamides is 1. The van der Waals surface area contributed by atoms with Gasteiger partial charge in [-0.15, -0.1) is 0 Å². The van der Waals surface area contributed by atoms with Crippen molar-refractivity contribution in [3.8, 4) is 0 Å². The molecule has 1 heterocycles. The van der Waals surface area contributed by atoms with Gasteiger partial charge in [-0.25, -0.2) is 13.1 Å². The highest BCUT2D eigenvalue weighted by Gasteiger charge is 2.24. The van der Waals surface area contributed by atoms with Gasteiger partial charge in [-0.1, -0.05) is 56.6 Å². The Morgan fingerprint density at radius 3 is 2.22 bits per heavy atom. The standard InChI is InChI=1S/C16H22ClN3O2S/c1-11-14(15(17)20(5)19-11)23(21,22)18-10-12-6-8-13(9-7-12)16(2,3)4/h6-9,18H,10H2,1-5H3. The molecule has 0 saturated carbocycles. The molecule has 0 aliphatic heterocycles. The molecule has 1 aromatic heterocycles. The number of aromatic nitrogens is 2. The molecule has 0 bridgehead atoms. The molecule has 0 amide bonds. The summed E-state index contributed by atoms with van der Waals surface area (Å²) in [5, 5.41) is 4.15. The van der Waals surface area contributed by atoms with Crippen LogP contribution in [-0.4, -0.2) is 18.2 Å². The zero-order valence-corrected chi connectivity index (χ0v) is 15.6. The van der Waals surface area contributed by atoms with Gasteiger partial charge < -0.3 is 0 Å². The van der Waals surface area contributed by atoms with Crippen LogP contribution in [0.25, 0.3) is 0 Å². The molecule has 1 aromatic carbocycles. The summed E-state index contributed by atoms with van der Waals surface area (Å²) in [6, 6.07) is 7.90. The lowest BCUT2D eigenvalue weighted by Crippen LogP contribution is -2.24. The van der Waals surface area contributed by atoms with Crippen LogP contribution in [0.5, 0.6) is 0 Å². The summed E-state index contributed by atoms with van der Waals surface area (Å²) in [6.45, 7) is 8.24. The molecule has 0 aliphatic rings. The molecular weight excluding hydrogens is 334 g/mol. The Kier molecular flexibility index (Phi) is 4.89. The van der Waals surface area contributed by atoms with Crippen molar-refractivity contribution in [2.45, 2.75) is 44.6 Å². The summed E-state index contributed by atoms with van der Waals surface area (Å²) in [5.41, 5.74) is 2.54. The topological polar surface area (TPSA) is 64.0 Å². The van der Waals surface area contributed by atoms with Crippen molar-refractivity contribution < 1.29 is 8.42 Å². The van der Waals surface area contributed by atoms with Gasteiger partial charge in [-0.05, 0) is 23.5 Å². The number of rotatable bonds is 4. The highest BCUT2D eigenvalue weighted by atomic mass is 35.5. The summed E-state index contributed by atoms with van der Waals surface area (Å²) < 4.78 is 28.8. The zero-order chi connectivity index (χ0) is 17.4. The number of nitrogens with zero attached hydrogens (tertiary/aromatic N) is 2. The van der Waals surface area contributed by atoms with Crippen molar-refractivity contribution in [3.63, 3.8) is 0 Å². The Bertz CT molecular complexity index is 803. The molecule has 5 nitrogen and oxygen atoms in total. The van der Waals surface area contributed by atoms with Crippen LogP contribution in [0, 0.1) is 6.92 Å². The first-order valence-corrected chi connectivity index (χ1v) is 9.16. The summed E-state index contributed by atoms with van der Waals surface area (Å²) >= 11 is 6.03. The molecule has 1 N–H and O–H groups in total. The third kappa shape index (κ3) is 3.94. The molecular formula is C16H22ClN3O2S. The predicted molar refractivity (Wildman–Crippen MR) is 92.1 cm³/mol. The van der Waals surface area contributed by atoms with Crippen molar-refractivity contribution in [2.24, 2.45) is 7.05 Å². The van der Waals surface area contributed by atoms with E-state index in [1.807, 2.05) is 24.3 Å². The number of benzene rings is 1. The Labute approximate surface area is 142 Å². The van der Waals surface area contributed by atoms with Crippen molar-refractivity contribution in [3.05, 3.63) is 46.2 Å². The average molecular weight is 356 g/mol. The van der Waals surface area contributed by atoms with Crippen LogP contribution in [0.4, 0.5) is 0 Å². The molecule has 0 spiro atoms. The summed E-state index contributed by atoms with van der Waals surface area (Å²) in [7, 11) is -2.09. The number of halogens is 1. The minimum absolute atomic E-state index is 0.0352. The first kappa shape index (κ1) is 18.0. The van der Waals surface area contributed by atoms with E-state index < -0.39 is 10.0 Å². The van der Waals surface area contributed by atoms with E-state index in [9.17, 15) is 8.42 Å². The van der Waals surface area contributed by atoms with E-state index in [0.29, 0.717) is 5.69 Å². The van der Waals surface area contributed by atoms with Gasteiger partial charge in [0.25, 0.3) is 0 Å². The van der Waals surface area contributed by atoms with Gasteiger partial charge in [0.2, 0.25) is 10.0 Å². The van der Waals surface area contributed by atoms with Crippen LogP contribution < -0.4 is 4.72 Å². The maximum atomic E-state index is 12.4. The molecule has 23 heavy (non-hydrogen) atoms. The van der Waals surface area contributed by atoms with Crippen molar-refractivity contribution >= 4 is 21.6 Å². The van der Waals surface area contributed by atoms with Crippen molar-refractivity contribution in [1.82, 2.24) is 14.5 Å². The van der Waals surface area contributed by atoms with Crippen LogP contribution in [-0.2, 0) is 29.0 Å². The molecule has 7 heteroatoms. The van der Waals surface area contributed by atoms with E-state index in [2.05, 4.69) is 30.6 Å². The first-order valence-electron chi connectivity index (χ1n) is 7.30. The normalized spacial score (nSPS) is 12.6. The van der Waals surface area contributed by atoms with Crippen LogP contribution in [0.15, 0.2) is 29.2 Å². The second-order valence-corrected chi connectivity index (χ2v) is 8.66. The minimum Gasteiger partial charge on any atom is -0.255 e. The fourth-order valence-electron chi connectivity index (χ4n) is 2.29. The highest BCUT2D eigenvalue weighted by molar-refractivity contribution is 7.89. The molecule has 2 rings (SSSR count). The van der Waals surface area contributed by atoms with Gasteiger partial charge in [0, 0.05) is 13.6 Å². The van der Waals surface area contributed by atoms with Gasteiger partial charge in [0.05, 0.1) is 5.69 Å². The second-order valence-electron chi connectivity index (χ2n) is 6.60. The fourth-order valence-corrected chi connectivity index (χ4v) is 4.05. The summed E-state index contributed by atoms with van der Waals surface area (Å²) in [4.78, 5) is 0.0352. The fraction of sp³-hybridized carbons (Fsp3) is 0.438. The molecule has 0 unspecified atom stereocenters. The zero-order valence-electron chi connectivity index (χ0n) is 14.0. The molecule has 126 valence electrons. The van der Waals surface area contributed by atoms with E-state index in [1.165, 1.54) is 10.2 Å². The van der Waals surface area contributed by atoms with Gasteiger partial charge in [-0.3, -0.25) is 4.68 Å².